The maximum Gasteiger partial charge on any atom is 0.335 e. The zero-order chi connectivity index (χ0) is 30.1. The van der Waals surface area contributed by atoms with Gasteiger partial charge in [0.05, 0.1) is 47.4 Å². The zero-order valence-corrected chi connectivity index (χ0v) is 27.5. The van der Waals surface area contributed by atoms with Crippen LogP contribution in [0, 0.1) is 23.0 Å². The first-order chi connectivity index (χ1) is 20.8. The van der Waals surface area contributed by atoms with Crippen molar-refractivity contribution in [2.24, 2.45) is 0 Å². The number of alkyl halides is 1. The molecule has 0 bridgehead atoms. The van der Waals surface area contributed by atoms with Gasteiger partial charge in [0.15, 0.2) is 11.6 Å². The molecule has 2 aliphatic heterocycles. The maximum atomic E-state index is 14.6. The van der Waals surface area contributed by atoms with Crippen LogP contribution in [0.4, 0.5) is 13.2 Å². The molecule has 2 saturated heterocycles. The van der Waals surface area contributed by atoms with Crippen molar-refractivity contribution in [1.82, 2.24) is 19.4 Å². The van der Waals surface area contributed by atoms with E-state index in [1.54, 1.807) is 18.2 Å². The normalized spacial score (nSPS) is 18.9. The van der Waals surface area contributed by atoms with E-state index in [1.165, 1.54) is 24.3 Å². The smallest absolute Gasteiger partial charge is 0.335 e. The Balaban J connectivity index is 0.00000192. The second kappa shape index (κ2) is 15.9. The molecule has 246 valence electrons. The number of hydrogen-bond acceptors (Lipinski definition) is 7. The lowest BCUT2D eigenvalue weighted by atomic mass is 10.0. The SMILES string of the molecule is N#Cc1ccc(OCc2nc([C@H]3C[C@@H](CF)N(Cc4nc5ccc(C(=O)O)cc5n4C[C@@H]4CCO4)C3)ccc2F)c(F)c1.S.S.S. The highest BCUT2D eigenvalue weighted by molar-refractivity contribution is 7.59. The van der Waals surface area contributed by atoms with Crippen LogP contribution in [0.5, 0.6) is 5.75 Å². The van der Waals surface area contributed by atoms with Crippen molar-refractivity contribution in [3.8, 4) is 11.8 Å². The Bertz CT molecular complexity index is 1730. The number of rotatable bonds is 10. The van der Waals surface area contributed by atoms with Crippen molar-refractivity contribution in [2.45, 2.75) is 50.6 Å². The van der Waals surface area contributed by atoms with Crippen LogP contribution >= 0.6 is 40.5 Å². The third-order valence-corrected chi connectivity index (χ3v) is 8.09. The number of ether oxygens (including phenoxy) is 2. The third kappa shape index (κ3) is 7.75. The summed E-state index contributed by atoms with van der Waals surface area (Å²) in [7, 11) is 0. The van der Waals surface area contributed by atoms with E-state index in [4.69, 9.17) is 19.7 Å². The standard InChI is InChI=1S/C31H28F3N5O4.3H2S/c32-12-21-10-20(25-5-3-23(33)27(36-25)17-43-29-6-1-18(13-35)9-24(29)34)14-38(21)16-30-37-26-4-2-19(31(40)41)11-28(26)39(30)15-22-7-8-42-22;;;/h1-6,9,11,20-22H,7-8,10,12,14-17H2,(H,40,41);3*1H2/t20-,21-,22-;;;/m0.../s1. The predicted octanol–water partition coefficient (Wildman–Crippen LogP) is 5.31. The lowest BCUT2D eigenvalue weighted by Gasteiger charge is -2.28. The topological polar surface area (TPSA) is 114 Å². The molecule has 0 unspecified atom stereocenters. The van der Waals surface area contributed by atoms with Crippen molar-refractivity contribution in [2.75, 3.05) is 19.8 Å². The number of carbonyl (C=O) groups is 1. The molecule has 4 aromatic rings. The Morgan fingerprint density at radius 2 is 1.87 bits per heavy atom. The fourth-order valence-electron chi connectivity index (χ4n) is 5.66. The first-order valence-electron chi connectivity index (χ1n) is 13.9. The van der Waals surface area contributed by atoms with Crippen LogP contribution in [-0.4, -0.2) is 62.5 Å². The molecule has 1 N–H and O–H groups in total. The van der Waals surface area contributed by atoms with Gasteiger partial charge in [0.2, 0.25) is 0 Å². The largest absolute Gasteiger partial charge is 0.484 e. The van der Waals surface area contributed by atoms with Crippen molar-refractivity contribution in [3.63, 3.8) is 0 Å². The molecular weight excluding hydrogens is 660 g/mol. The first-order valence-corrected chi connectivity index (χ1v) is 13.9. The van der Waals surface area contributed by atoms with Gasteiger partial charge < -0.3 is 19.1 Å². The Hall–Kier alpha value is -3.42. The maximum absolute atomic E-state index is 14.6. The van der Waals surface area contributed by atoms with Gasteiger partial charge in [0, 0.05) is 30.8 Å². The number of carboxylic acid groups (broad SMARTS) is 1. The number of nitrogens with zero attached hydrogens (tertiary/aromatic N) is 5. The molecule has 0 spiro atoms. The van der Waals surface area contributed by atoms with Crippen molar-refractivity contribution >= 4 is 57.5 Å². The summed E-state index contributed by atoms with van der Waals surface area (Å²) in [5, 5.41) is 18.4. The number of aromatic nitrogens is 3. The van der Waals surface area contributed by atoms with Crippen LogP contribution in [0.3, 0.4) is 0 Å². The van der Waals surface area contributed by atoms with Crippen LogP contribution in [0.25, 0.3) is 11.0 Å². The molecule has 15 heteroatoms. The molecule has 2 aromatic carbocycles. The summed E-state index contributed by atoms with van der Waals surface area (Å²) in [4.78, 5) is 22.8. The molecule has 0 amide bonds. The Labute approximate surface area is 284 Å². The molecule has 2 aliphatic rings. The number of aromatic carboxylic acids is 1. The number of imidazole rings is 1. The van der Waals surface area contributed by atoms with E-state index in [2.05, 4.69) is 4.98 Å². The zero-order valence-electron chi connectivity index (χ0n) is 24.5. The number of likely N-dealkylation sites (tertiary alicyclic amines) is 1. The van der Waals surface area contributed by atoms with Gasteiger partial charge in [-0.15, -0.1) is 0 Å². The summed E-state index contributed by atoms with van der Waals surface area (Å²) in [6.45, 7) is 1.03. The lowest BCUT2D eigenvalue weighted by Crippen LogP contribution is -2.34. The highest BCUT2D eigenvalue weighted by Gasteiger charge is 2.35. The first kappa shape index (κ1) is 37.0. The van der Waals surface area contributed by atoms with Gasteiger partial charge in [0.1, 0.15) is 30.6 Å². The van der Waals surface area contributed by atoms with Gasteiger partial charge in [-0.3, -0.25) is 9.88 Å². The molecule has 0 saturated carbocycles. The van der Waals surface area contributed by atoms with Gasteiger partial charge in [0.25, 0.3) is 0 Å². The number of pyridine rings is 1. The summed E-state index contributed by atoms with van der Waals surface area (Å²) < 4.78 is 56.2. The molecule has 4 heterocycles. The number of halogens is 3. The van der Waals surface area contributed by atoms with Crippen molar-refractivity contribution in [3.05, 3.63) is 88.5 Å². The number of hydrogen-bond donors (Lipinski definition) is 1. The van der Waals surface area contributed by atoms with Gasteiger partial charge in [-0.2, -0.15) is 45.7 Å². The Morgan fingerprint density at radius 1 is 1.09 bits per heavy atom. The highest BCUT2D eigenvalue weighted by atomic mass is 32.1. The van der Waals surface area contributed by atoms with E-state index in [1.807, 2.05) is 15.5 Å². The van der Waals surface area contributed by atoms with Crippen LogP contribution in [-0.2, 0) is 24.4 Å². The quantitative estimate of drug-likeness (QED) is 0.238. The van der Waals surface area contributed by atoms with Crippen molar-refractivity contribution < 1.29 is 32.5 Å². The molecule has 6 rings (SSSR count). The molecular formula is C31H34F3N5O4S3. The Morgan fingerprint density at radius 3 is 2.52 bits per heavy atom. The van der Waals surface area contributed by atoms with Gasteiger partial charge in [-0.25, -0.2) is 22.9 Å². The van der Waals surface area contributed by atoms with Crippen molar-refractivity contribution in [1.29, 1.82) is 5.26 Å². The number of benzene rings is 2. The minimum Gasteiger partial charge on any atom is -0.484 e. The highest BCUT2D eigenvalue weighted by Crippen LogP contribution is 2.34. The summed E-state index contributed by atoms with van der Waals surface area (Å²) in [5.41, 5.74) is 2.19. The van der Waals surface area contributed by atoms with E-state index in [0.717, 1.165) is 12.5 Å². The predicted molar refractivity (Wildman–Crippen MR) is 179 cm³/mol. The number of fused-ring (bicyclic) bond motifs is 1. The fourth-order valence-corrected chi connectivity index (χ4v) is 5.66. The average molecular weight is 694 g/mol. The van der Waals surface area contributed by atoms with Crippen LogP contribution in [0.1, 0.15) is 51.9 Å². The van der Waals surface area contributed by atoms with Gasteiger partial charge in [-0.1, -0.05) is 0 Å². The van der Waals surface area contributed by atoms with Crippen LogP contribution in [0.2, 0.25) is 0 Å². The number of carboxylic acids is 1. The number of nitriles is 1. The van der Waals surface area contributed by atoms with Crippen LogP contribution in [0.15, 0.2) is 48.5 Å². The van der Waals surface area contributed by atoms with Gasteiger partial charge in [-0.05, 0) is 61.4 Å². The summed E-state index contributed by atoms with van der Waals surface area (Å²) >= 11 is 0. The minimum absolute atomic E-state index is 0. The monoisotopic (exact) mass is 693 g/mol. The molecule has 46 heavy (non-hydrogen) atoms. The molecule has 2 fully saturated rings. The van der Waals surface area contributed by atoms with Gasteiger partial charge >= 0.3 is 5.97 Å². The summed E-state index contributed by atoms with van der Waals surface area (Å²) in [6.07, 6.45) is 1.33. The molecule has 3 atom stereocenters. The summed E-state index contributed by atoms with van der Waals surface area (Å²) in [5.74, 6) is -2.02. The van der Waals surface area contributed by atoms with E-state index >= 15 is 0 Å². The van der Waals surface area contributed by atoms with E-state index in [0.29, 0.717) is 55.2 Å². The molecule has 2 aromatic heterocycles. The molecule has 9 nitrogen and oxygen atoms in total. The average Bonchev–Trinajstić information content (AvgIpc) is 3.55. The second-order valence-electron chi connectivity index (χ2n) is 10.8. The van der Waals surface area contributed by atoms with E-state index < -0.39 is 30.3 Å². The molecule has 0 radical (unpaired) electrons. The van der Waals surface area contributed by atoms with E-state index in [-0.39, 0.29) is 81.7 Å². The lowest BCUT2D eigenvalue weighted by molar-refractivity contribution is -0.0592. The second-order valence-corrected chi connectivity index (χ2v) is 10.8. The third-order valence-electron chi connectivity index (χ3n) is 8.09. The Kier molecular flexibility index (Phi) is 12.8. The fraction of sp³-hybridized carbons (Fsp3) is 0.355. The molecule has 0 aliphatic carbocycles. The minimum atomic E-state index is -1.03. The van der Waals surface area contributed by atoms with Crippen LogP contribution < -0.4 is 4.74 Å². The summed E-state index contributed by atoms with van der Waals surface area (Å²) in [6, 6.07) is 12.8. The van der Waals surface area contributed by atoms with E-state index in [9.17, 15) is 23.1 Å².